The van der Waals surface area contributed by atoms with E-state index in [-0.39, 0.29) is 30.1 Å². The summed E-state index contributed by atoms with van der Waals surface area (Å²) >= 11 is 0. The van der Waals surface area contributed by atoms with Gasteiger partial charge in [-0.15, -0.1) is 0 Å². The lowest BCUT2D eigenvalue weighted by molar-refractivity contribution is -0.127. The molecule has 0 spiro atoms. The zero-order chi connectivity index (χ0) is 15.0. The van der Waals surface area contributed by atoms with Gasteiger partial charge in [-0.3, -0.25) is 4.79 Å². The number of aromatic carboxylic acids is 1. The van der Waals surface area contributed by atoms with Crippen molar-refractivity contribution in [2.75, 3.05) is 6.79 Å². The molecular weight excluding hydrogens is 278 g/mol. The Morgan fingerprint density at radius 1 is 1.33 bits per heavy atom. The maximum atomic E-state index is 11.9. The minimum absolute atomic E-state index is 0.0373. The highest BCUT2D eigenvalue weighted by molar-refractivity contribution is 5.92. The molecule has 1 unspecified atom stereocenters. The summed E-state index contributed by atoms with van der Waals surface area (Å²) in [6.07, 6.45) is 1.16. The van der Waals surface area contributed by atoms with Crippen LogP contribution in [0.3, 0.4) is 0 Å². The molecule has 0 saturated heterocycles. The Morgan fingerprint density at radius 3 is 2.62 bits per heavy atom. The van der Waals surface area contributed by atoms with E-state index in [0.29, 0.717) is 11.5 Å². The molecule has 1 aromatic rings. The predicted octanol–water partition coefficient (Wildman–Crippen LogP) is 1.16. The lowest BCUT2D eigenvalue weighted by Gasteiger charge is -2.16. The molecule has 1 atom stereocenters. The molecule has 7 nitrogen and oxygen atoms in total. The van der Waals surface area contributed by atoms with E-state index in [1.54, 1.807) is 6.92 Å². The number of carboxylic acid groups (broad SMARTS) is 1. The Labute approximate surface area is 120 Å². The fourth-order valence-electron chi connectivity index (χ4n) is 1.98. The summed E-state index contributed by atoms with van der Waals surface area (Å²) in [5.74, 6) is -0.561. The van der Waals surface area contributed by atoms with Crippen LogP contribution in [0.1, 0.15) is 30.1 Å². The van der Waals surface area contributed by atoms with Gasteiger partial charge < -0.3 is 24.6 Å². The maximum Gasteiger partial charge on any atom is 0.339 e. The maximum absolute atomic E-state index is 11.9. The van der Waals surface area contributed by atoms with Crippen LogP contribution in [-0.2, 0) is 4.79 Å². The van der Waals surface area contributed by atoms with Crippen molar-refractivity contribution in [1.29, 1.82) is 0 Å². The number of nitrogens with one attached hydrogen (secondary N) is 1. The largest absolute Gasteiger partial charge is 0.480 e. The molecule has 1 aliphatic carbocycles. The van der Waals surface area contributed by atoms with Gasteiger partial charge in [0.2, 0.25) is 6.79 Å². The smallest absolute Gasteiger partial charge is 0.339 e. The van der Waals surface area contributed by atoms with Crippen molar-refractivity contribution in [2.45, 2.75) is 31.9 Å². The topological polar surface area (TPSA) is 94.1 Å². The third-order valence-electron chi connectivity index (χ3n) is 3.30. The van der Waals surface area contributed by atoms with Crippen molar-refractivity contribution in [1.82, 2.24) is 5.32 Å². The summed E-state index contributed by atoms with van der Waals surface area (Å²) < 4.78 is 15.8. The van der Waals surface area contributed by atoms with Gasteiger partial charge in [-0.25, -0.2) is 4.79 Å². The normalized spacial score (nSPS) is 17.2. The summed E-state index contributed by atoms with van der Waals surface area (Å²) in [7, 11) is 0. The van der Waals surface area contributed by atoms with Crippen molar-refractivity contribution < 1.29 is 28.9 Å². The van der Waals surface area contributed by atoms with Gasteiger partial charge in [0.1, 0.15) is 11.3 Å². The Hall–Kier alpha value is -2.44. The van der Waals surface area contributed by atoms with Crippen LogP contribution in [-0.4, -0.2) is 35.9 Å². The molecule has 1 heterocycles. The van der Waals surface area contributed by atoms with Gasteiger partial charge in [0, 0.05) is 18.2 Å². The fourth-order valence-corrected chi connectivity index (χ4v) is 1.98. The predicted molar refractivity (Wildman–Crippen MR) is 70.8 cm³/mol. The number of carbonyl (C=O) groups excluding carboxylic acids is 1. The first kappa shape index (κ1) is 13.5. The molecule has 1 aromatic carbocycles. The summed E-state index contributed by atoms with van der Waals surface area (Å²) in [5.41, 5.74) is -0.0645. The van der Waals surface area contributed by atoms with Crippen molar-refractivity contribution in [3.8, 4) is 17.2 Å². The standard InChI is InChI=1S/C14H15NO6/c1-7(13(16)15-8-2-3-8)21-10-5-12-11(19-6-20-12)4-9(10)14(17)18/h4-5,7-8H,2-3,6H2,1H3,(H,15,16)(H,17,18). The summed E-state index contributed by atoms with van der Waals surface area (Å²) in [5, 5.41) is 12.0. The first-order valence-electron chi connectivity index (χ1n) is 6.68. The van der Waals surface area contributed by atoms with Crippen molar-refractivity contribution in [3.05, 3.63) is 17.7 Å². The van der Waals surface area contributed by atoms with Crippen LogP contribution in [0.15, 0.2) is 12.1 Å². The number of carboxylic acids is 1. The van der Waals surface area contributed by atoms with E-state index in [0.717, 1.165) is 12.8 Å². The third-order valence-corrected chi connectivity index (χ3v) is 3.30. The SMILES string of the molecule is CC(Oc1cc2c(cc1C(=O)O)OCO2)C(=O)NC1CC1. The minimum atomic E-state index is -1.15. The van der Waals surface area contributed by atoms with Gasteiger partial charge >= 0.3 is 5.97 Å². The molecule has 2 N–H and O–H groups in total. The summed E-state index contributed by atoms with van der Waals surface area (Å²) in [4.78, 5) is 23.2. The minimum Gasteiger partial charge on any atom is -0.480 e. The number of benzene rings is 1. The van der Waals surface area contributed by atoms with Gasteiger partial charge in [-0.05, 0) is 19.8 Å². The number of hydrogen-bond acceptors (Lipinski definition) is 5. The van der Waals surface area contributed by atoms with Crippen LogP contribution in [0.2, 0.25) is 0 Å². The molecule has 1 aliphatic heterocycles. The van der Waals surface area contributed by atoms with E-state index in [9.17, 15) is 14.7 Å². The first-order valence-corrected chi connectivity index (χ1v) is 6.68. The quantitative estimate of drug-likeness (QED) is 0.846. The van der Waals surface area contributed by atoms with E-state index in [4.69, 9.17) is 14.2 Å². The fraction of sp³-hybridized carbons (Fsp3) is 0.429. The molecule has 1 fully saturated rings. The van der Waals surface area contributed by atoms with Gasteiger partial charge in [0.05, 0.1) is 0 Å². The molecule has 112 valence electrons. The van der Waals surface area contributed by atoms with Gasteiger partial charge in [0.25, 0.3) is 5.91 Å². The zero-order valence-corrected chi connectivity index (χ0v) is 11.4. The Morgan fingerprint density at radius 2 is 2.00 bits per heavy atom. The molecule has 0 bridgehead atoms. The van der Waals surface area contributed by atoms with Gasteiger partial charge in [-0.1, -0.05) is 0 Å². The van der Waals surface area contributed by atoms with Gasteiger partial charge in [0.15, 0.2) is 17.6 Å². The summed E-state index contributed by atoms with van der Waals surface area (Å²) in [6.45, 7) is 1.61. The molecular formula is C14H15NO6. The Kier molecular flexibility index (Phi) is 3.32. The molecule has 3 rings (SSSR count). The number of carbonyl (C=O) groups is 2. The van der Waals surface area contributed by atoms with Gasteiger partial charge in [-0.2, -0.15) is 0 Å². The van der Waals surface area contributed by atoms with E-state index in [1.165, 1.54) is 12.1 Å². The van der Waals surface area contributed by atoms with Crippen LogP contribution in [0, 0.1) is 0 Å². The molecule has 1 amide bonds. The molecule has 1 saturated carbocycles. The van der Waals surface area contributed by atoms with Crippen molar-refractivity contribution in [3.63, 3.8) is 0 Å². The lowest BCUT2D eigenvalue weighted by Crippen LogP contribution is -2.37. The van der Waals surface area contributed by atoms with Crippen molar-refractivity contribution in [2.24, 2.45) is 0 Å². The number of ether oxygens (including phenoxy) is 3. The molecule has 7 heteroatoms. The van der Waals surface area contributed by atoms with E-state index >= 15 is 0 Å². The van der Waals surface area contributed by atoms with E-state index in [1.807, 2.05) is 0 Å². The second kappa shape index (κ2) is 5.16. The van der Waals surface area contributed by atoms with E-state index < -0.39 is 12.1 Å². The molecule has 2 aliphatic rings. The average molecular weight is 293 g/mol. The van der Waals surface area contributed by atoms with Crippen LogP contribution < -0.4 is 19.5 Å². The number of fused-ring (bicyclic) bond motifs is 1. The Balaban J connectivity index is 1.79. The summed E-state index contributed by atoms with van der Waals surface area (Å²) in [6, 6.07) is 3.00. The third kappa shape index (κ3) is 2.86. The number of hydrogen-bond donors (Lipinski definition) is 2. The first-order chi connectivity index (χ1) is 10.0. The van der Waals surface area contributed by atoms with Crippen LogP contribution >= 0.6 is 0 Å². The lowest BCUT2D eigenvalue weighted by atomic mass is 10.1. The highest BCUT2D eigenvalue weighted by Gasteiger charge is 2.28. The van der Waals surface area contributed by atoms with Crippen molar-refractivity contribution >= 4 is 11.9 Å². The number of amides is 1. The average Bonchev–Trinajstić information content (AvgIpc) is 3.13. The Bertz CT molecular complexity index is 595. The highest BCUT2D eigenvalue weighted by atomic mass is 16.7. The second-order valence-corrected chi connectivity index (χ2v) is 5.05. The van der Waals surface area contributed by atoms with E-state index in [2.05, 4.69) is 5.32 Å². The second-order valence-electron chi connectivity index (χ2n) is 5.05. The monoisotopic (exact) mass is 293 g/mol. The van der Waals surface area contributed by atoms with Crippen LogP contribution in [0.5, 0.6) is 17.2 Å². The van der Waals surface area contributed by atoms with Crippen LogP contribution in [0.4, 0.5) is 0 Å². The molecule has 0 radical (unpaired) electrons. The number of rotatable bonds is 5. The zero-order valence-electron chi connectivity index (χ0n) is 11.4. The van der Waals surface area contributed by atoms with Crippen LogP contribution in [0.25, 0.3) is 0 Å². The molecule has 21 heavy (non-hydrogen) atoms. The highest BCUT2D eigenvalue weighted by Crippen LogP contribution is 2.38. The molecule has 0 aromatic heterocycles.